The Morgan fingerprint density at radius 3 is 2.74 bits per heavy atom. The van der Waals surface area contributed by atoms with Gasteiger partial charge in [-0.1, -0.05) is 18.6 Å². The van der Waals surface area contributed by atoms with Crippen molar-refractivity contribution in [1.29, 1.82) is 0 Å². The van der Waals surface area contributed by atoms with Gasteiger partial charge in [0.25, 0.3) is 0 Å². The summed E-state index contributed by atoms with van der Waals surface area (Å²) in [5.41, 5.74) is 4.52. The molecule has 142 valence electrons. The highest BCUT2D eigenvalue weighted by molar-refractivity contribution is 8.00. The number of nitrogens with zero attached hydrogens (tertiary/aromatic N) is 1. The van der Waals surface area contributed by atoms with Crippen LogP contribution in [-0.4, -0.2) is 21.3 Å². The summed E-state index contributed by atoms with van der Waals surface area (Å²) in [5, 5.41) is 11.0. The molecule has 0 radical (unpaired) electrons. The van der Waals surface area contributed by atoms with E-state index >= 15 is 0 Å². The second-order valence-electron chi connectivity index (χ2n) is 7.62. The molecule has 4 nitrogen and oxygen atoms in total. The zero-order valence-corrected chi connectivity index (χ0v) is 16.6. The average molecular weight is 384 g/mol. The zero-order valence-electron chi connectivity index (χ0n) is 15.8. The van der Waals surface area contributed by atoms with E-state index in [9.17, 15) is 9.90 Å². The van der Waals surface area contributed by atoms with Crippen LogP contribution in [-0.2, 0) is 11.4 Å². The zero-order chi connectivity index (χ0) is 19.0. The Morgan fingerprint density at radius 2 is 2.07 bits per heavy atom. The van der Waals surface area contributed by atoms with Gasteiger partial charge in [0.2, 0.25) is 0 Å². The molecule has 5 heteroatoms. The van der Waals surface area contributed by atoms with Gasteiger partial charge in [0.15, 0.2) is 0 Å². The highest BCUT2D eigenvalue weighted by Crippen LogP contribution is 2.49. The first-order valence-electron chi connectivity index (χ1n) is 9.61. The normalized spacial score (nSPS) is 21.6. The minimum absolute atomic E-state index is 0.152. The quantitative estimate of drug-likeness (QED) is 0.720. The Morgan fingerprint density at radius 1 is 1.26 bits per heavy atom. The number of ether oxygens (including phenoxy) is 1. The van der Waals surface area contributed by atoms with Gasteiger partial charge in [0.05, 0.1) is 5.92 Å². The first-order valence-corrected chi connectivity index (χ1v) is 10.5. The monoisotopic (exact) mass is 383 g/mol. The second-order valence-corrected chi connectivity index (χ2v) is 8.91. The van der Waals surface area contributed by atoms with E-state index in [1.165, 1.54) is 19.3 Å². The topological polar surface area (TPSA) is 59.4 Å². The lowest BCUT2D eigenvalue weighted by atomic mass is 9.98. The number of carbonyl (C=O) groups is 1. The van der Waals surface area contributed by atoms with Crippen LogP contribution in [0.1, 0.15) is 53.9 Å². The number of carboxylic acids is 1. The third-order valence-corrected chi connectivity index (χ3v) is 7.25. The fourth-order valence-corrected chi connectivity index (χ4v) is 4.91. The number of aliphatic carboxylic acids is 1. The van der Waals surface area contributed by atoms with E-state index in [1.807, 2.05) is 36.2 Å². The van der Waals surface area contributed by atoms with Gasteiger partial charge in [0.1, 0.15) is 17.4 Å². The lowest BCUT2D eigenvalue weighted by Crippen LogP contribution is -2.14. The number of hydrogen-bond donors (Lipinski definition) is 1. The maximum atomic E-state index is 11.2. The molecule has 0 aliphatic heterocycles. The van der Waals surface area contributed by atoms with E-state index in [-0.39, 0.29) is 11.8 Å². The van der Waals surface area contributed by atoms with Gasteiger partial charge in [-0.15, -0.1) is 11.8 Å². The van der Waals surface area contributed by atoms with E-state index < -0.39 is 5.97 Å². The number of pyridine rings is 1. The summed E-state index contributed by atoms with van der Waals surface area (Å²) in [6, 6.07) is 8.08. The number of thioether (sulfide) groups is 1. The van der Waals surface area contributed by atoms with Crippen molar-refractivity contribution >= 4 is 17.7 Å². The lowest BCUT2D eigenvalue weighted by Gasteiger charge is -2.25. The molecule has 1 aromatic heterocycles. The Balaban J connectivity index is 1.46. The van der Waals surface area contributed by atoms with Crippen LogP contribution in [0.4, 0.5) is 0 Å². The van der Waals surface area contributed by atoms with E-state index in [1.54, 1.807) is 0 Å². The van der Waals surface area contributed by atoms with Gasteiger partial charge in [0, 0.05) is 17.0 Å². The van der Waals surface area contributed by atoms with E-state index in [2.05, 4.69) is 24.9 Å². The van der Waals surface area contributed by atoms with Crippen LogP contribution in [0.15, 0.2) is 35.5 Å². The third-order valence-electron chi connectivity index (χ3n) is 5.85. The summed E-state index contributed by atoms with van der Waals surface area (Å²) >= 11 is 1.87. The molecule has 1 aromatic carbocycles. The van der Waals surface area contributed by atoms with Crippen LogP contribution in [0.25, 0.3) is 0 Å². The van der Waals surface area contributed by atoms with Crippen LogP contribution >= 0.6 is 11.8 Å². The van der Waals surface area contributed by atoms with Crippen LogP contribution in [0, 0.1) is 19.8 Å². The van der Waals surface area contributed by atoms with Crippen LogP contribution in [0.2, 0.25) is 0 Å². The molecule has 0 bridgehead atoms. The number of carboxylic acid groups (broad SMARTS) is 1. The molecule has 2 aliphatic rings. The Bertz CT molecular complexity index is 863. The van der Waals surface area contributed by atoms with Crippen LogP contribution in [0.5, 0.6) is 5.75 Å². The summed E-state index contributed by atoms with van der Waals surface area (Å²) in [5.74, 6) is 0.105. The molecule has 1 N–H and O–H groups in total. The molecule has 1 heterocycles. The summed E-state index contributed by atoms with van der Waals surface area (Å²) in [4.78, 5) is 15.7. The molecule has 1 unspecified atom stereocenters. The van der Waals surface area contributed by atoms with Crippen molar-refractivity contribution in [3.8, 4) is 5.75 Å². The van der Waals surface area contributed by atoms with Gasteiger partial charge < -0.3 is 9.84 Å². The average Bonchev–Trinajstić information content (AvgIpc) is 3.41. The molecule has 4 rings (SSSR count). The molecule has 2 aromatic rings. The van der Waals surface area contributed by atoms with E-state index in [4.69, 9.17) is 4.74 Å². The van der Waals surface area contributed by atoms with Gasteiger partial charge in [-0.3, -0.25) is 4.79 Å². The molecule has 2 aliphatic carbocycles. The molecule has 0 saturated heterocycles. The summed E-state index contributed by atoms with van der Waals surface area (Å²) < 4.78 is 6.14. The minimum atomic E-state index is -0.689. The van der Waals surface area contributed by atoms with Gasteiger partial charge in [-0.05, 0) is 67.9 Å². The van der Waals surface area contributed by atoms with Crippen molar-refractivity contribution in [2.45, 2.75) is 62.3 Å². The number of aromatic nitrogens is 1. The second kappa shape index (κ2) is 7.55. The third kappa shape index (κ3) is 3.84. The van der Waals surface area contributed by atoms with E-state index in [0.717, 1.165) is 39.5 Å². The largest absolute Gasteiger partial charge is 0.489 e. The Kier molecular flexibility index (Phi) is 5.13. The standard InChI is InChI=1S/C22H25NO3S/c1-13-14(2)20(9-8-17(13)18-11-19(18)22(24)25)26-12-15-5-4-10-23-21(15)27-16-6-3-7-16/h4-5,8-10,16,18-19H,3,6-7,11-12H2,1-2H3,(H,24,25)/t18-,19?/m0/s1. The fraction of sp³-hybridized carbons (Fsp3) is 0.455. The molecule has 0 spiro atoms. The molecule has 2 saturated carbocycles. The maximum Gasteiger partial charge on any atom is 0.307 e. The lowest BCUT2D eigenvalue weighted by molar-refractivity contribution is -0.138. The van der Waals surface area contributed by atoms with Crippen molar-refractivity contribution in [2.75, 3.05) is 0 Å². The van der Waals surface area contributed by atoms with Crippen LogP contribution in [0.3, 0.4) is 0 Å². The molecule has 27 heavy (non-hydrogen) atoms. The fourth-order valence-electron chi connectivity index (χ4n) is 3.63. The number of hydrogen-bond acceptors (Lipinski definition) is 4. The van der Waals surface area contributed by atoms with Gasteiger partial charge in [-0.2, -0.15) is 0 Å². The van der Waals surface area contributed by atoms with Crippen molar-refractivity contribution in [3.63, 3.8) is 0 Å². The highest BCUT2D eigenvalue weighted by atomic mass is 32.2. The highest BCUT2D eigenvalue weighted by Gasteiger charge is 2.45. The number of benzene rings is 1. The first kappa shape index (κ1) is 18.4. The summed E-state index contributed by atoms with van der Waals surface area (Å²) in [6.45, 7) is 4.62. The summed E-state index contributed by atoms with van der Waals surface area (Å²) in [7, 11) is 0. The first-order chi connectivity index (χ1) is 13.0. The molecule has 0 amide bonds. The summed E-state index contributed by atoms with van der Waals surface area (Å²) in [6.07, 6.45) is 6.47. The minimum Gasteiger partial charge on any atom is -0.489 e. The molecular formula is C22H25NO3S. The SMILES string of the molecule is Cc1c(OCc2cccnc2SC2CCC2)ccc([C@@H]2CC2C(=O)O)c1C. The number of rotatable bonds is 7. The van der Waals surface area contributed by atoms with Crippen molar-refractivity contribution in [3.05, 3.63) is 52.7 Å². The smallest absolute Gasteiger partial charge is 0.307 e. The Labute approximate surface area is 164 Å². The predicted molar refractivity (Wildman–Crippen MR) is 106 cm³/mol. The van der Waals surface area contributed by atoms with Gasteiger partial charge >= 0.3 is 5.97 Å². The molecule has 2 atom stereocenters. The predicted octanol–water partition coefficient (Wildman–Crippen LogP) is 5.11. The van der Waals surface area contributed by atoms with E-state index in [0.29, 0.717) is 11.9 Å². The van der Waals surface area contributed by atoms with Crippen molar-refractivity contribution in [2.24, 2.45) is 5.92 Å². The maximum absolute atomic E-state index is 11.2. The van der Waals surface area contributed by atoms with Crippen molar-refractivity contribution < 1.29 is 14.6 Å². The Hall–Kier alpha value is -2.01. The molecule has 2 fully saturated rings. The van der Waals surface area contributed by atoms with Crippen molar-refractivity contribution in [1.82, 2.24) is 4.98 Å². The molecular weight excluding hydrogens is 358 g/mol. The van der Waals surface area contributed by atoms with Gasteiger partial charge in [-0.25, -0.2) is 4.98 Å². The van der Waals surface area contributed by atoms with Crippen LogP contribution < -0.4 is 4.74 Å².